The third kappa shape index (κ3) is 4.86. The molecule has 0 aliphatic carbocycles. The summed E-state index contributed by atoms with van der Waals surface area (Å²) >= 11 is 0. The highest BCUT2D eigenvalue weighted by Crippen LogP contribution is 2.44. The molecular formula is C54H34N2O. The fourth-order valence-electron chi connectivity index (χ4n) is 9.18. The zero-order valence-corrected chi connectivity index (χ0v) is 30.9. The summed E-state index contributed by atoms with van der Waals surface area (Å²) in [6, 6.07) is 74.5. The highest BCUT2D eigenvalue weighted by molar-refractivity contribution is 6.22. The molecule has 0 spiro atoms. The Bertz CT molecular complexity index is 3490. The molecule has 266 valence electrons. The fourth-order valence-corrected chi connectivity index (χ4v) is 9.18. The summed E-state index contributed by atoms with van der Waals surface area (Å²) in [5.74, 6) is 0. The number of fused-ring (bicyclic) bond motifs is 9. The Hall–Kier alpha value is -7.62. The summed E-state index contributed by atoms with van der Waals surface area (Å²) in [6.45, 7) is 0. The number of rotatable bonds is 5. The predicted octanol–water partition coefficient (Wildman–Crippen LogP) is 14.8. The van der Waals surface area contributed by atoms with E-state index in [9.17, 15) is 0 Å². The average molecular weight is 727 g/mol. The largest absolute Gasteiger partial charge is 0.456 e. The molecule has 0 aliphatic rings. The molecule has 0 aliphatic heterocycles. The number of aromatic nitrogens is 2. The van der Waals surface area contributed by atoms with Crippen LogP contribution in [0.25, 0.3) is 110 Å². The van der Waals surface area contributed by atoms with E-state index >= 15 is 0 Å². The molecule has 57 heavy (non-hydrogen) atoms. The number of para-hydroxylation sites is 4. The third-order valence-electron chi connectivity index (χ3n) is 11.8. The minimum Gasteiger partial charge on any atom is -0.456 e. The van der Waals surface area contributed by atoms with Gasteiger partial charge >= 0.3 is 0 Å². The first-order valence-electron chi connectivity index (χ1n) is 19.5. The van der Waals surface area contributed by atoms with Gasteiger partial charge in [0.15, 0.2) is 0 Å². The van der Waals surface area contributed by atoms with Crippen LogP contribution in [0.15, 0.2) is 211 Å². The predicted molar refractivity (Wildman–Crippen MR) is 239 cm³/mol. The van der Waals surface area contributed by atoms with Crippen molar-refractivity contribution in [1.82, 2.24) is 9.13 Å². The summed E-state index contributed by atoms with van der Waals surface area (Å²) in [4.78, 5) is 0. The van der Waals surface area contributed by atoms with Crippen molar-refractivity contribution in [2.75, 3.05) is 0 Å². The molecule has 3 aromatic heterocycles. The lowest BCUT2D eigenvalue weighted by molar-refractivity contribution is 0.669. The van der Waals surface area contributed by atoms with Gasteiger partial charge in [0.2, 0.25) is 0 Å². The Kier molecular flexibility index (Phi) is 6.93. The van der Waals surface area contributed by atoms with Crippen LogP contribution < -0.4 is 0 Å². The molecule has 0 amide bonds. The Morgan fingerprint density at radius 2 is 0.719 bits per heavy atom. The van der Waals surface area contributed by atoms with Crippen molar-refractivity contribution in [3.05, 3.63) is 206 Å². The molecule has 9 aromatic carbocycles. The molecule has 0 fully saturated rings. The van der Waals surface area contributed by atoms with Crippen molar-refractivity contribution >= 4 is 65.6 Å². The number of benzene rings is 9. The second kappa shape index (κ2) is 12.5. The maximum Gasteiger partial charge on any atom is 0.135 e. The molecule has 0 saturated carbocycles. The van der Waals surface area contributed by atoms with E-state index in [1.807, 2.05) is 12.1 Å². The van der Waals surface area contributed by atoms with Crippen LogP contribution in [0.1, 0.15) is 0 Å². The Labute approximate surface area is 328 Å². The van der Waals surface area contributed by atoms with Crippen LogP contribution in [0.4, 0.5) is 0 Å². The molecular weight excluding hydrogens is 693 g/mol. The number of nitrogens with zero attached hydrogens (tertiary/aromatic N) is 2. The summed E-state index contributed by atoms with van der Waals surface area (Å²) in [7, 11) is 0. The van der Waals surface area contributed by atoms with E-state index in [1.165, 1.54) is 77.0 Å². The maximum atomic E-state index is 6.07. The van der Waals surface area contributed by atoms with Gasteiger partial charge in [-0.25, -0.2) is 0 Å². The van der Waals surface area contributed by atoms with Gasteiger partial charge in [-0.3, -0.25) is 0 Å². The molecule has 12 aromatic rings. The highest BCUT2D eigenvalue weighted by Gasteiger charge is 2.20. The SMILES string of the molecule is c1ccc(-n2c3ccccc3c3c(-c4cccc5c4c4ccccc4n5-c4ccc(-c5ccc(-c6ccc7oc8ccccc8c7c6)cc5)cc4)cccc32)cc1. The summed E-state index contributed by atoms with van der Waals surface area (Å²) in [5, 5.41) is 7.32. The number of furan rings is 1. The minimum atomic E-state index is 0.917. The second-order valence-electron chi connectivity index (χ2n) is 14.9. The second-order valence-corrected chi connectivity index (χ2v) is 14.9. The Morgan fingerprint density at radius 1 is 0.281 bits per heavy atom. The van der Waals surface area contributed by atoms with Crippen LogP contribution in [0.5, 0.6) is 0 Å². The van der Waals surface area contributed by atoms with Gasteiger partial charge in [0.25, 0.3) is 0 Å². The first kappa shape index (κ1) is 31.7. The molecule has 3 nitrogen and oxygen atoms in total. The van der Waals surface area contributed by atoms with Gasteiger partial charge in [-0.1, -0.05) is 140 Å². The lowest BCUT2D eigenvalue weighted by Gasteiger charge is -2.11. The van der Waals surface area contributed by atoms with E-state index in [1.54, 1.807) is 0 Å². The van der Waals surface area contributed by atoms with E-state index in [4.69, 9.17) is 4.42 Å². The van der Waals surface area contributed by atoms with E-state index in [0.29, 0.717) is 0 Å². The molecule has 3 heterocycles. The van der Waals surface area contributed by atoms with Gasteiger partial charge in [-0.15, -0.1) is 0 Å². The first-order chi connectivity index (χ1) is 28.3. The minimum absolute atomic E-state index is 0.917. The van der Waals surface area contributed by atoms with Gasteiger partial charge in [0.1, 0.15) is 11.2 Å². The fraction of sp³-hybridized carbons (Fsp3) is 0. The van der Waals surface area contributed by atoms with Crippen LogP contribution in [-0.4, -0.2) is 9.13 Å². The molecule has 0 radical (unpaired) electrons. The first-order valence-corrected chi connectivity index (χ1v) is 19.5. The van der Waals surface area contributed by atoms with Crippen molar-refractivity contribution in [2.24, 2.45) is 0 Å². The molecule has 0 atom stereocenters. The van der Waals surface area contributed by atoms with Crippen LogP contribution in [-0.2, 0) is 0 Å². The quantitative estimate of drug-likeness (QED) is 0.173. The van der Waals surface area contributed by atoms with Crippen molar-refractivity contribution in [3.8, 4) is 44.8 Å². The molecule has 0 bridgehead atoms. The van der Waals surface area contributed by atoms with Crippen molar-refractivity contribution < 1.29 is 4.42 Å². The van der Waals surface area contributed by atoms with Gasteiger partial charge < -0.3 is 13.6 Å². The standard InChI is InChI=1S/C54H34N2O/c1-2-12-39(13-3-1)55-47-19-7-4-15-44(47)53-42(17-10-21-49(53)55)43-18-11-22-50-54(43)45-16-5-8-20-48(45)56(50)40-31-28-36(29-32-40)35-24-26-37(27-25-35)38-30-33-52-46(34-38)41-14-6-9-23-51(41)57-52/h1-34H. The maximum absolute atomic E-state index is 6.07. The van der Waals surface area contributed by atoms with Crippen LogP contribution in [0, 0.1) is 0 Å². The Morgan fingerprint density at radius 3 is 1.33 bits per heavy atom. The topological polar surface area (TPSA) is 23.0 Å². The Balaban J connectivity index is 0.956. The smallest absolute Gasteiger partial charge is 0.135 e. The molecule has 0 unspecified atom stereocenters. The molecule has 3 heteroatoms. The number of hydrogen-bond acceptors (Lipinski definition) is 1. The monoisotopic (exact) mass is 726 g/mol. The molecule has 0 saturated heterocycles. The van der Waals surface area contributed by atoms with Crippen LogP contribution >= 0.6 is 0 Å². The third-order valence-corrected chi connectivity index (χ3v) is 11.8. The van der Waals surface area contributed by atoms with E-state index in [2.05, 4.69) is 203 Å². The van der Waals surface area contributed by atoms with E-state index in [-0.39, 0.29) is 0 Å². The zero-order valence-electron chi connectivity index (χ0n) is 30.9. The van der Waals surface area contributed by atoms with Crippen LogP contribution in [0.2, 0.25) is 0 Å². The van der Waals surface area contributed by atoms with Gasteiger partial charge in [-0.2, -0.15) is 0 Å². The summed E-state index contributed by atoms with van der Waals surface area (Å²) < 4.78 is 10.9. The number of hydrogen-bond donors (Lipinski definition) is 0. The van der Waals surface area contributed by atoms with Gasteiger partial charge in [0.05, 0.1) is 22.1 Å². The average Bonchev–Trinajstić information content (AvgIpc) is 3.94. The summed E-state index contributed by atoms with van der Waals surface area (Å²) in [5.41, 5.74) is 16.2. The van der Waals surface area contributed by atoms with Crippen LogP contribution in [0.3, 0.4) is 0 Å². The zero-order chi connectivity index (χ0) is 37.5. The lowest BCUT2D eigenvalue weighted by atomic mass is 9.95. The normalized spacial score (nSPS) is 11.9. The van der Waals surface area contributed by atoms with E-state index in [0.717, 1.165) is 33.3 Å². The molecule has 12 rings (SSSR count). The summed E-state index contributed by atoms with van der Waals surface area (Å²) in [6.07, 6.45) is 0. The highest BCUT2D eigenvalue weighted by atomic mass is 16.3. The lowest BCUT2D eigenvalue weighted by Crippen LogP contribution is -1.94. The van der Waals surface area contributed by atoms with Gasteiger partial charge in [0, 0.05) is 43.7 Å². The van der Waals surface area contributed by atoms with E-state index < -0.39 is 0 Å². The molecule has 0 N–H and O–H groups in total. The van der Waals surface area contributed by atoms with Crippen molar-refractivity contribution in [3.63, 3.8) is 0 Å². The van der Waals surface area contributed by atoms with Crippen molar-refractivity contribution in [1.29, 1.82) is 0 Å². The van der Waals surface area contributed by atoms with Crippen molar-refractivity contribution in [2.45, 2.75) is 0 Å². The van der Waals surface area contributed by atoms with Gasteiger partial charge in [-0.05, 0) is 100 Å².